The van der Waals surface area contributed by atoms with Gasteiger partial charge in [-0.2, -0.15) is 0 Å². The molecule has 6 nitrogen and oxygen atoms in total. The van der Waals surface area contributed by atoms with Gasteiger partial charge in [0.1, 0.15) is 17.0 Å². The molecule has 0 unspecified atom stereocenters. The predicted octanol–water partition coefficient (Wildman–Crippen LogP) is 3.62. The lowest BCUT2D eigenvalue weighted by Crippen LogP contribution is -2.30. The Bertz CT molecular complexity index is 1120. The Morgan fingerprint density at radius 3 is 2.78 bits per heavy atom. The van der Waals surface area contributed by atoms with E-state index in [1.807, 2.05) is 60.0 Å². The molecule has 138 valence electrons. The number of para-hydroxylation sites is 1. The summed E-state index contributed by atoms with van der Waals surface area (Å²) in [7, 11) is 0. The highest BCUT2D eigenvalue weighted by Gasteiger charge is 2.18. The zero-order valence-electron chi connectivity index (χ0n) is 15.8. The van der Waals surface area contributed by atoms with E-state index >= 15 is 0 Å². The van der Waals surface area contributed by atoms with Crippen LogP contribution in [0, 0.1) is 12.3 Å². The largest absolute Gasteiger partial charge is 0.491 e. The van der Waals surface area contributed by atoms with Crippen LogP contribution in [0.25, 0.3) is 28.1 Å². The second-order valence-corrected chi connectivity index (χ2v) is 7.64. The van der Waals surface area contributed by atoms with Crippen molar-refractivity contribution in [1.82, 2.24) is 19.6 Å². The molecule has 4 rings (SSSR count). The van der Waals surface area contributed by atoms with Gasteiger partial charge in [-0.25, -0.2) is 4.98 Å². The molecule has 2 N–H and O–H groups in total. The van der Waals surface area contributed by atoms with Crippen LogP contribution in [0.15, 0.2) is 48.7 Å². The fourth-order valence-corrected chi connectivity index (χ4v) is 2.86. The maximum absolute atomic E-state index is 6.07. The summed E-state index contributed by atoms with van der Waals surface area (Å²) < 4.78 is 8.01. The summed E-state index contributed by atoms with van der Waals surface area (Å²) in [4.78, 5) is 4.84. The molecule has 0 saturated heterocycles. The first-order valence-electron chi connectivity index (χ1n) is 9.01. The van der Waals surface area contributed by atoms with Crippen LogP contribution in [0.1, 0.15) is 19.4 Å². The molecule has 0 radical (unpaired) electrons. The molecule has 0 spiro atoms. The van der Waals surface area contributed by atoms with Gasteiger partial charge in [-0.05, 0) is 36.8 Å². The lowest BCUT2D eigenvalue weighted by Gasteiger charge is -2.22. The van der Waals surface area contributed by atoms with Gasteiger partial charge in [-0.1, -0.05) is 32.0 Å². The number of aryl methyl sites for hydroxylation is 1. The number of nitrogens with zero attached hydrogens (tertiary/aromatic N) is 4. The molecule has 0 bridgehead atoms. The highest BCUT2D eigenvalue weighted by molar-refractivity contribution is 5.86. The van der Waals surface area contributed by atoms with E-state index < -0.39 is 0 Å². The van der Waals surface area contributed by atoms with Crippen molar-refractivity contribution in [1.29, 1.82) is 0 Å². The van der Waals surface area contributed by atoms with Crippen molar-refractivity contribution in [3.05, 3.63) is 54.2 Å². The Hall–Kier alpha value is -2.99. The maximum Gasteiger partial charge on any atom is 0.187 e. The Balaban J connectivity index is 1.77. The van der Waals surface area contributed by atoms with Crippen molar-refractivity contribution in [3.63, 3.8) is 0 Å². The molecule has 3 heterocycles. The molecule has 0 amide bonds. The summed E-state index contributed by atoms with van der Waals surface area (Å²) >= 11 is 0. The normalized spacial score (nSPS) is 12.0. The van der Waals surface area contributed by atoms with Crippen molar-refractivity contribution in [2.24, 2.45) is 11.1 Å². The SMILES string of the molecule is Cc1ccn2c(-c3ccc4cccc(OCC(C)(C)CN)c4n3)nnc2c1. The highest BCUT2D eigenvalue weighted by Crippen LogP contribution is 2.28. The van der Waals surface area contributed by atoms with E-state index in [9.17, 15) is 0 Å². The number of aromatic nitrogens is 4. The maximum atomic E-state index is 6.07. The van der Waals surface area contributed by atoms with Crippen LogP contribution in [-0.4, -0.2) is 32.7 Å². The summed E-state index contributed by atoms with van der Waals surface area (Å²) in [5.41, 5.74) is 9.25. The van der Waals surface area contributed by atoms with Crippen LogP contribution >= 0.6 is 0 Å². The van der Waals surface area contributed by atoms with Crippen LogP contribution < -0.4 is 10.5 Å². The fourth-order valence-electron chi connectivity index (χ4n) is 2.86. The molecule has 3 aromatic heterocycles. The van der Waals surface area contributed by atoms with E-state index in [-0.39, 0.29) is 5.41 Å². The Morgan fingerprint density at radius 1 is 1.11 bits per heavy atom. The summed E-state index contributed by atoms with van der Waals surface area (Å²) in [6, 6.07) is 14.0. The van der Waals surface area contributed by atoms with Gasteiger partial charge < -0.3 is 10.5 Å². The summed E-state index contributed by atoms with van der Waals surface area (Å²) in [5, 5.41) is 9.62. The number of hydrogen-bond acceptors (Lipinski definition) is 5. The van der Waals surface area contributed by atoms with E-state index in [0.29, 0.717) is 19.0 Å². The third-order valence-corrected chi connectivity index (χ3v) is 4.65. The first-order valence-corrected chi connectivity index (χ1v) is 9.01. The van der Waals surface area contributed by atoms with Gasteiger partial charge in [0.2, 0.25) is 0 Å². The molecule has 6 heteroatoms. The van der Waals surface area contributed by atoms with Crippen molar-refractivity contribution in [2.45, 2.75) is 20.8 Å². The minimum absolute atomic E-state index is 0.0964. The molecule has 0 aliphatic rings. The third kappa shape index (κ3) is 3.36. The standard InChI is InChI=1S/C21H23N5O/c1-14-9-10-26-18(11-14)24-25-20(26)16-8-7-15-5-4-6-17(19(15)23-16)27-13-21(2,3)12-22/h4-11H,12-13,22H2,1-3H3. The van der Waals surface area contributed by atoms with Crippen molar-refractivity contribution < 1.29 is 4.74 Å². The number of benzene rings is 1. The van der Waals surface area contributed by atoms with E-state index in [0.717, 1.165) is 33.6 Å². The fraction of sp³-hybridized carbons (Fsp3) is 0.286. The molecule has 4 aromatic rings. The molecule has 0 fully saturated rings. The molecular formula is C21H23N5O. The molecule has 0 aliphatic heterocycles. The van der Waals surface area contributed by atoms with Crippen LogP contribution in [0.5, 0.6) is 5.75 Å². The van der Waals surface area contributed by atoms with Crippen molar-refractivity contribution in [3.8, 4) is 17.3 Å². The zero-order valence-corrected chi connectivity index (χ0v) is 15.8. The lowest BCUT2D eigenvalue weighted by atomic mass is 9.95. The average Bonchev–Trinajstić information content (AvgIpc) is 3.09. The monoisotopic (exact) mass is 361 g/mol. The van der Waals surface area contributed by atoms with Gasteiger partial charge in [0.25, 0.3) is 0 Å². The van der Waals surface area contributed by atoms with E-state index in [2.05, 4.69) is 24.0 Å². The molecule has 0 aliphatic carbocycles. The number of pyridine rings is 2. The molecule has 1 aromatic carbocycles. The van der Waals surface area contributed by atoms with Crippen molar-refractivity contribution in [2.75, 3.05) is 13.2 Å². The van der Waals surface area contributed by atoms with Gasteiger partial charge in [0.15, 0.2) is 11.5 Å². The smallest absolute Gasteiger partial charge is 0.187 e. The highest BCUT2D eigenvalue weighted by atomic mass is 16.5. The van der Waals surface area contributed by atoms with Gasteiger partial charge in [0.05, 0.1) is 6.61 Å². The third-order valence-electron chi connectivity index (χ3n) is 4.65. The van der Waals surface area contributed by atoms with Crippen molar-refractivity contribution >= 4 is 16.6 Å². The number of nitrogens with two attached hydrogens (primary N) is 1. The number of ether oxygens (including phenoxy) is 1. The first-order chi connectivity index (χ1) is 13.0. The lowest BCUT2D eigenvalue weighted by molar-refractivity contribution is 0.189. The topological polar surface area (TPSA) is 78.3 Å². The van der Waals surface area contributed by atoms with Gasteiger partial charge >= 0.3 is 0 Å². The summed E-state index contributed by atoms with van der Waals surface area (Å²) in [6.45, 7) is 7.29. The molecule has 0 saturated carbocycles. The second kappa shape index (κ2) is 6.63. The van der Waals surface area contributed by atoms with Gasteiger partial charge in [-0.15, -0.1) is 10.2 Å². The quantitative estimate of drug-likeness (QED) is 0.587. The Morgan fingerprint density at radius 2 is 1.96 bits per heavy atom. The predicted molar refractivity (Wildman–Crippen MR) is 107 cm³/mol. The minimum atomic E-state index is -0.0964. The molecular weight excluding hydrogens is 338 g/mol. The number of rotatable bonds is 5. The minimum Gasteiger partial charge on any atom is -0.491 e. The molecule has 0 atom stereocenters. The van der Waals surface area contributed by atoms with Gasteiger partial charge in [-0.3, -0.25) is 4.40 Å². The summed E-state index contributed by atoms with van der Waals surface area (Å²) in [5.74, 6) is 1.46. The van der Waals surface area contributed by atoms with E-state index in [1.165, 1.54) is 0 Å². The Labute approximate surface area is 158 Å². The van der Waals surface area contributed by atoms with E-state index in [4.69, 9.17) is 15.5 Å². The number of fused-ring (bicyclic) bond motifs is 2. The average molecular weight is 361 g/mol. The van der Waals surface area contributed by atoms with Crippen LogP contribution in [-0.2, 0) is 0 Å². The number of hydrogen-bond donors (Lipinski definition) is 1. The Kier molecular flexibility index (Phi) is 4.28. The van der Waals surface area contributed by atoms with E-state index in [1.54, 1.807) is 0 Å². The van der Waals surface area contributed by atoms with Crippen LogP contribution in [0.3, 0.4) is 0 Å². The summed E-state index contributed by atoms with van der Waals surface area (Å²) in [6.07, 6.45) is 1.97. The van der Waals surface area contributed by atoms with Crippen LogP contribution in [0.2, 0.25) is 0 Å². The first kappa shape index (κ1) is 17.4. The second-order valence-electron chi connectivity index (χ2n) is 7.64. The molecule has 27 heavy (non-hydrogen) atoms. The zero-order chi connectivity index (χ0) is 19.0. The van der Waals surface area contributed by atoms with Crippen LogP contribution in [0.4, 0.5) is 0 Å². The van der Waals surface area contributed by atoms with Gasteiger partial charge in [0, 0.05) is 23.5 Å².